The predicted molar refractivity (Wildman–Crippen MR) is 156 cm³/mol. The number of anilines is 1. The highest BCUT2D eigenvalue weighted by Crippen LogP contribution is 2.26. The van der Waals surface area contributed by atoms with Crippen LogP contribution < -0.4 is 26.6 Å². The molecule has 214 valence electrons. The summed E-state index contributed by atoms with van der Waals surface area (Å²) in [5, 5.41) is 15.1. The van der Waals surface area contributed by atoms with Gasteiger partial charge in [0.2, 0.25) is 5.91 Å². The molecule has 0 radical (unpaired) electrons. The van der Waals surface area contributed by atoms with E-state index in [1.807, 2.05) is 0 Å². The van der Waals surface area contributed by atoms with Crippen LogP contribution in [0.1, 0.15) is 24.5 Å². The molecule has 2 heterocycles. The standard InChI is InChI=1S/C27H29N7O6S/c1-3-40-26(37)20(32-24(35)21-22(41(2)39)17-6-4-5-7-18(17)31-21)14-30-27(38)33-19-12-13-34(25(19)36)16-10-8-15(9-11-16)23(28)29/h4-11,19-20H,2-3,12-14H2,1H3,(H3,28,29)(H,32,35)(H2,30,33,38). The molecular weight excluding hydrogens is 550 g/mol. The first-order valence-corrected chi connectivity index (χ1v) is 14.0. The van der Waals surface area contributed by atoms with Crippen LogP contribution in [0.2, 0.25) is 0 Å². The van der Waals surface area contributed by atoms with Gasteiger partial charge in [0.05, 0.1) is 23.7 Å². The molecule has 0 saturated carbocycles. The van der Waals surface area contributed by atoms with Crippen LogP contribution in [0.25, 0.3) is 0 Å². The summed E-state index contributed by atoms with van der Waals surface area (Å²) in [6.45, 7) is 1.64. The van der Waals surface area contributed by atoms with E-state index in [1.54, 1.807) is 55.5 Å². The molecule has 2 aliphatic rings. The zero-order chi connectivity index (χ0) is 29.7. The van der Waals surface area contributed by atoms with Crippen LogP contribution in [0.3, 0.4) is 0 Å². The number of esters is 1. The largest absolute Gasteiger partial charge is 0.464 e. The van der Waals surface area contributed by atoms with Gasteiger partial charge < -0.3 is 31.3 Å². The Kier molecular flexibility index (Phi) is 8.82. The van der Waals surface area contributed by atoms with Crippen LogP contribution in [-0.4, -0.2) is 82.1 Å². The fraction of sp³-hybridized carbons (Fsp3) is 0.259. The molecule has 13 nitrogen and oxygen atoms in total. The number of carbonyl (C=O) groups excluding carboxylic acids is 4. The number of carbonyl (C=O) groups is 4. The van der Waals surface area contributed by atoms with E-state index in [4.69, 9.17) is 15.9 Å². The van der Waals surface area contributed by atoms with Crippen LogP contribution in [-0.2, 0) is 29.1 Å². The minimum Gasteiger partial charge on any atom is -0.464 e. The summed E-state index contributed by atoms with van der Waals surface area (Å²) in [6.07, 6.45) is 0.347. The van der Waals surface area contributed by atoms with Crippen LogP contribution in [0.15, 0.2) is 53.5 Å². The number of amides is 4. The first-order valence-electron chi connectivity index (χ1n) is 12.6. The van der Waals surface area contributed by atoms with Gasteiger partial charge >= 0.3 is 12.0 Å². The molecule has 6 N–H and O–H groups in total. The lowest BCUT2D eigenvalue weighted by molar-refractivity contribution is -0.146. The third-order valence-corrected chi connectivity index (χ3v) is 7.25. The van der Waals surface area contributed by atoms with Gasteiger partial charge in [0.1, 0.15) is 23.6 Å². The first kappa shape index (κ1) is 29.0. The number of para-hydroxylation sites is 1. The van der Waals surface area contributed by atoms with Gasteiger partial charge in [-0.15, -0.1) is 0 Å². The Labute approximate surface area is 237 Å². The maximum atomic E-state index is 13.1. The van der Waals surface area contributed by atoms with Crippen molar-refractivity contribution in [3.63, 3.8) is 0 Å². The molecule has 14 heteroatoms. The van der Waals surface area contributed by atoms with Gasteiger partial charge in [0.25, 0.3) is 5.91 Å². The Morgan fingerprint density at radius 1 is 1.22 bits per heavy atom. The van der Waals surface area contributed by atoms with E-state index in [9.17, 15) is 23.4 Å². The number of hydrogen-bond acceptors (Lipinski definition) is 8. The van der Waals surface area contributed by atoms with E-state index in [0.29, 0.717) is 35.5 Å². The highest BCUT2D eigenvalue weighted by Gasteiger charge is 2.35. The quantitative estimate of drug-likeness (QED) is 0.118. The van der Waals surface area contributed by atoms with Gasteiger partial charge in [0.15, 0.2) is 0 Å². The van der Waals surface area contributed by atoms with E-state index in [1.165, 1.54) is 4.90 Å². The Balaban J connectivity index is 1.38. The van der Waals surface area contributed by atoms with Gasteiger partial charge in [0, 0.05) is 33.3 Å². The Morgan fingerprint density at radius 3 is 2.59 bits per heavy atom. The third kappa shape index (κ3) is 6.44. The number of benzene rings is 2. The van der Waals surface area contributed by atoms with Crippen LogP contribution in [0, 0.1) is 5.41 Å². The zero-order valence-corrected chi connectivity index (χ0v) is 23.0. The summed E-state index contributed by atoms with van der Waals surface area (Å²) in [5.74, 6) is 1.52. The molecule has 4 amide bonds. The molecule has 1 fully saturated rings. The van der Waals surface area contributed by atoms with Crippen LogP contribution >= 0.6 is 0 Å². The first-order chi connectivity index (χ1) is 19.6. The highest BCUT2D eigenvalue weighted by atomic mass is 32.1. The smallest absolute Gasteiger partial charge is 0.330 e. The maximum Gasteiger partial charge on any atom is 0.330 e. The second-order valence-corrected chi connectivity index (χ2v) is 10.2. The highest BCUT2D eigenvalue weighted by molar-refractivity contribution is 7.85. The normalized spacial score (nSPS) is 16.4. The molecule has 2 aliphatic heterocycles. The molecule has 0 spiro atoms. The van der Waals surface area contributed by atoms with Gasteiger partial charge in [-0.3, -0.25) is 15.0 Å². The molecule has 0 aromatic heterocycles. The molecule has 41 heavy (non-hydrogen) atoms. The Morgan fingerprint density at radius 2 is 1.93 bits per heavy atom. The summed E-state index contributed by atoms with van der Waals surface area (Å²) in [7, 11) is -1.79. The van der Waals surface area contributed by atoms with E-state index >= 15 is 0 Å². The van der Waals surface area contributed by atoms with Gasteiger partial charge in [-0.1, -0.05) is 18.2 Å². The molecule has 2 unspecified atom stereocenters. The average molecular weight is 580 g/mol. The predicted octanol–water partition coefficient (Wildman–Crippen LogP) is -0.0894. The van der Waals surface area contributed by atoms with Gasteiger partial charge in [-0.2, -0.15) is 0 Å². The van der Waals surface area contributed by atoms with E-state index in [0.717, 1.165) is 0 Å². The van der Waals surface area contributed by atoms with E-state index in [-0.39, 0.29) is 35.5 Å². The number of nitrogens with two attached hydrogens (primary N) is 1. The number of ether oxygens (including phenoxy) is 1. The second-order valence-electron chi connectivity index (χ2n) is 9.08. The monoisotopic (exact) mass is 579 g/mol. The number of hydrogen-bond donors (Lipinski definition) is 5. The van der Waals surface area contributed by atoms with Gasteiger partial charge in [-0.25, -0.2) is 18.8 Å². The number of amidine groups is 1. The zero-order valence-electron chi connectivity index (χ0n) is 22.1. The minimum absolute atomic E-state index is 0.0316. The molecule has 4 rings (SSSR count). The number of rotatable bonds is 9. The van der Waals surface area contributed by atoms with Crippen molar-refractivity contribution in [3.8, 4) is 0 Å². The average Bonchev–Trinajstić information content (AvgIpc) is 3.51. The summed E-state index contributed by atoms with van der Waals surface area (Å²) in [4.78, 5) is 57.2. The number of urea groups is 1. The summed E-state index contributed by atoms with van der Waals surface area (Å²) in [6, 6.07) is 10.5. The van der Waals surface area contributed by atoms with Crippen molar-refractivity contribution in [1.82, 2.24) is 16.0 Å². The second kappa shape index (κ2) is 12.5. The van der Waals surface area contributed by atoms with Gasteiger partial charge in [-0.05, 0) is 49.5 Å². The van der Waals surface area contributed by atoms with E-state index in [2.05, 4.69) is 26.8 Å². The van der Waals surface area contributed by atoms with Crippen LogP contribution in [0.5, 0.6) is 0 Å². The van der Waals surface area contributed by atoms with Crippen molar-refractivity contribution in [2.75, 3.05) is 24.6 Å². The lowest BCUT2D eigenvalue weighted by atomic mass is 10.1. The van der Waals surface area contributed by atoms with Crippen molar-refractivity contribution in [2.45, 2.75) is 25.4 Å². The van der Waals surface area contributed by atoms with Crippen molar-refractivity contribution in [3.05, 3.63) is 59.7 Å². The Hall–Kier alpha value is -4.98. The molecule has 1 saturated heterocycles. The van der Waals surface area contributed by atoms with Crippen molar-refractivity contribution < 1.29 is 28.1 Å². The number of nitrogens with zero attached hydrogens (tertiary/aromatic N) is 2. The molecular formula is C27H29N7O6S. The SMILES string of the molecule is C=S(=O)=C1C(C(=O)NC(CNC(=O)NC2CCN(c3ccc(C(=N)N)cc3)C2=O)C(=O)OCC)=Nc2ccccc21. The number of aliphatic imine (C=N–C) groups is 1. The number of fused-ring (bicyclic) bond motifs is 1. The maximum absolute atomic E-state index is 13.1. The topological polar surface area (TPSA) is 196 Å². The number of nitrogen functional groups attached to an aromatic ring is 1. The lowest BCUT2D eigenvalue weighted by Gasteiger charge is -2.20. The lowest BCUT2D eigenvalue weighted by Crippen LogP contribution is -2.54. The van der Waals surface area contributed by atoms with Crippen molar-refractivity contribution >= 4 is 67.4 Å². The molecule has 0 aliphatic carbocycles. The molecule has 0 bridgehead atoms. The fourth-order valence-corrected chi connectivity index (χ4v) is 5.18. The number of nitrogens with one attached hydrogen (secondary N) is 4. The fourth-order valence-electron chi connectivity index (χ4n) is 4.40. The minimum atomic E-state index is -1.79. The third-order valence-electron chi connectivity index (χ3n) is 6.38. The van der Waals surface area contributed by atoms with Crippen molar-refractivity contribution in [1.29, 1.82) is 5.41 Å². The summed E-state index contributed by atoms with van der Waals surface area (Å²) in [5.41, 5.74) is 7.40. The molecule has 2 aromatic rings. The van der Waals surface area contributed by atoms with Crippen molar-refractivity contribution in [2.24, 2.45) is 10.7 Å². The van der Waals surface area contributed by atoms with E-state index < -0.39 is 40.0 Å². The van der Waals surface area contributed by atoms with Crippen LogP contribution in [0.4, 0.5) is 16.2 Å². The molecule has 2 aromatic carbocycles. The summed E-state index contributed by atoms with van der Waals surface area (Å²) >= 11 is 0. The summed E-state index contributed by atoms with van der Waals surface area (Å²) < 4.78 is 17.4. The Bertz CT molecular complexity index is 1580. The molecule has 2 atom stereocenters.